The summed E-state index contributed by atoms with van der Waals surface area (Å²) in [5, 5.41) is 0. The molecule has 2 heterocycles. The van der Waals surface area contributed by atoms with Gasteiger partial charge < -0.3 is 14.4 Å². The van der Waals surface area contributed by atoms with Crippen molar-refractivity contribution < 1.29 is 22.7 Å². The van der Waals surface area contributed by atoms with Gasteiger partial charge >= 0.3 is 0 Å². The Kier molecular flexibility index (Phi) is 5.47. The molecule has 2 aliphatic rings. The molecule has 2 aliphatic heterocycles. The molecule has 0 unspecified atom stereocenters. The van der Waals surface area contributed by atoms with Crippen molar-refractivity contribution in [2.75, 3.05) is 32.8 Å². The Morgan fingerprint density at radius 1 is 0.966 bits per heavy atom. The minimum atomic E-state index is -3.58. The van der Waals surface area contributed by atoms with Gasteiger partial charge in [-0.05, 0) is 37.6 Å². The summed E-state index contributed by atoms with van der Waals surface area (Å²) in [5.41, 5.74) is 1.01. The normalized spacial score (nSPS) is 20.2. The maximum absolute atomic E-state index is 12.9. The van der Waals surface area contributed by atoms with Crippen LogP contribution < -0.4 is 9.47 Å². The molecule has 0 aliphatic carbocycles. The number of rotatable bonds is 3. The number of benzene rings is 2. The van der Waals surface area contributed by atoms with Gasteiger partial charge in [0.25, 0.3) is 5.91 Å². The van der Waals surface area contributed by atoms with E-state index >= 15 is 0 Å². The minimum absolute atomic E-state index is 0.151. The lowest BCUT2D eigenvalue weighted by Crippen LogP contribution is -2.47. The van der Waals surface area contributed by atoms with Crippen LogP contribution in [0, 0.1) is 6.92 Å². The van der Waals surface area contributed by atoms with Crippen LogP contribution in [0.5, 0.6) is 11.5 Å². The number of carbonyl (C=O) groups is 1. The van der Waals surface area contributed by atoms with Crippen molar-refractivity contribution in [1.29, 1.82) is 0 Å². The van der Waals surface area contributed by atoms with Crippen molar-refractivity contribution in [2.45, 2.75) is 24.3 Å². The fourth-order valence-corrected chi connectivity index (χ4v) is 5.03. The van der Waals surface area contributed by atoms with Crippen molar-refractivity contribution in [3.8, 4) is 11.5 Å². The summed E-state index contributed by atoms with van der Waals surface area (Å²) in [5.74, 6) is 1.01. The number of sulfonamides is 1. The number of carbonyl (C=O) groups excluding carboxylic acids is 1. The van der Waals surface area contributed by atoms with Crippen LogP contribution in [0.2, 0.25) is 0 Å². The summed E-state index contributed by atoms with van der Waals surface area (Å²) in [7, 11) is -3.58. The van der Waals surface area contributed by atoms with Crippen LogP contribution in [0.1, 0.15) is 12.0 Å². The summed E-state index contributed by atoms with van der Waals surface area (Å²) in [6, 6.07) is 14.1. The van der Waals surface area contributed by atoms with Crippen LogP contribution >= 0.6 is 0 Å². The SMILES string of the molecule is Cc1ccc(S(=O)(=O)N2CCCN(C(=O)[C@@H]3COc4ccccc4O3)CC2)cc1. The van der Waals surface area contributed by atoms with Crippen molar-refractivity contribution in [1.82, 2.24) is 9.21 Å². The topological polar surface area (TPSA) is 76.2 Å². The van der Waals surface area contributed by atoms with E-state index in [0.717, 1.165) is 5.56 Å². The van der Waals surface area contributed by atoms with Crippen molar-refractivity contribution >= 4 is 15.9 Å². The fourth-order valence-electron chi connectivity index (χ4n) is 3.56. The molecule has 2 aromatic carbocycles. The first-order chi connectivity index (χ1) is 13.9. The zero-order chi connectivity index (χ0) is 20.4. The van der Waals surface area contributed by atoms with Crippen LogP contribution in [-0.2, 0) is 14.8 Å². The Balaban J connectivity index is 1.42. The second-order valence-electron chi connectivity index (χ2n) is 7.26. The van der Waals surface area contributed by atoms with E-state index in [4.69, 9.17) is 9.47 Å². The number of para-hydroxylation sites is 2. The van der Waals surface area contributed by atoms with Gasteiger partial charge in [-0.3, -0.25) is 4.79 Å². The first-order valence-corrected chi connectivity index (χ1v) is 11.1. The highest BCUT2D eigenvalue weighted by atomic mass is 32.2. The van der Waals surface area contributed by atoms with Crippen LogP contribution in [0.15, 0.2) is 53.4 Å². The molecule has 1 atom stereocenters. The molecule has 7 nitrogen and oxygen atoms in total. The lowest BCUT2D eigenvalue weighted by Gasteiger charge is -2.30. The van der Waals surface area contributed by atoms with E-state index in [-0.39, 0.29) is 24.0 Å². The summed E-state index contributed by atoms with van der Waals surface area (Å²) < 4.78 is 38.8. The molecule has 4 rings (SSSR count). The van der Waals surface area contributed by atoms with Gasteiger partial charge in [-0.1, -0.05) is 29.8 Å². The van der Waals surface area contributed by atoms with Gasteiger partial charge in [-0.25, -0.2) is 8.42 Å². The smallest absolute Gasteiger partial charge is 0.267 e. The molecule has 0 aromatic heterocycles. The predicted octanol–water partition coefficient (Wildman–Crippen LogP) is 2.06. The third-order valence-corrected chi connectivity index (χ3v) is 7.12. The number of nitrogens with zero attached hydrogens (tertiary/aromatic N) is 2. The maximum atomic E-state index is 12.9. The minimum Gasteiger partial charge on any atom is -0.485 e. The van der Waals surface area contributed by atoms with Crippen molar-refractivity contribution in [3.63, 3.8) is 0 Å². The van der Waals surface area contributed by atoms with E-state index in [1.807, 2.05) is 19.1 Å². The highest BCUT2D eigenvalue weighted by molar-refractivity contribution is 7.89. The second kappa shape index (κ2) is 8.04. The molecule has 154 valence electrons. The number of amides is 1. The first-order valence-electron chi connectivity index (χ1n) is 9.69. The van der Waals surface area contributed by atoms with E-state index in [1.54, 1.807) is 41.3 Å². The van der Waals surface area contributed by atoms with Gasteiger partial charge in [-0.2, -0.15) is 4.31 Å². The summed E-state index contributed by atoms with van der Waals surface area (Å²) in [4.78, 5) is 14.9. The Hall–Kier alpha value is -2.58. The second-order valence-corrected chi connectivity index (χ2v) is 9.20. The summed E-state index contributed by atoms with van der Waals surface area (Å²) >= 11 is 0. The monoisotopic (exact) mass is 416 g/mol. The highest BCUT2D eigenvalue weighted by Crippen LogP contribution is 2.31. The number of hydrogen-bond donors (Lipinski definition) is 0. The van der Waals surface area contributed by atoms with Gasteiger partial charge in [0.05, 0.1) is 4.90 Å². The first kappa shape index (κ1) is 19.7. The molecular formula is C21H24N2O5S. The largest absolute Gasteiger partial charge is 0.485 e. The molecule has 1 amide bonds. The molecule has 0 bridgehead atoms. The zero-order valence-electron chi connectivity index (χ0n) is 16.3. The third kappa shape index (κ3) is 4.09. The van der Waals surface area contributed by atoms with Crippen LogP contribution in [-0.4, -0.2) is 62.4 Å². The predicted molar refractivity (Wildman–Crippen MR) is 107 cm³/mol. The lowest BCUT2D eigenvalue weighted by atomic mass is 10.2. The van der Waals surface area contributed by atoms with Gasteiger partial charge in [-0.15, -0.1) is 0 Å². The molecule has 1 saturated heterocycles. The molecular weight excluding hydrogens is 392 g/mol. The number of ether oxygens (including phenoxy) is 2. The fraction of sp³-hybridized carbons (Fsp3) is 0.381. The number of hydrogen-bond acceptors (Lipinski definition) is 5. The zero-order valence-corrected chi connectivity index (χ0v) is 17.1. The molecule has 0 spiro atoms. The van der Waals surface area contributed by atoms with Crippen molar-refractivity contribution in [2.24, 2.45) is 0 Å². The van der Waals surface area contributed by atoms with Crippen molar-refractivity contribution in [3.05, 3.63) is 54.1 Å². The molecule has 0 radical (unpaired) electrons. The van der Waals surface area contributed by atoms with Crippen LogP contribution in [0.25, 0.3) is 0 Å². The van der Waals surface area contributed by atoms with E-state index in [9.17, 15) is 13.2 Å². The van der Waals surface area contributed by atoms with Gasteiger partial charge in [0.15, 0.2) is 11.5 Å². The molecule has 8 heteroatoms. The average molecular weight is 416 g/mol. The number of fused-ring (bicyclic) bond motifs is 1. The van der Waals surface area contributed by atoms with Crippen LogP contribution in [0.3, 0.4) is 0 Å². The van der Waals surface area contributed by atoms with Crippen LogP contribution in [0.4, 0.5) is 0 Å². The van der Waals surface area contributed by atoms with E-state index in [0.29, 0.717) is 37.6 Å². The van der Waals surface area contributed by atoms with E-state index in [2.05, 4.69) is 0 Å². The number of aryl methyl sites for hydroxylation is 1. The molecule has 0 saturated carbocycles. The lowest BCUT2D eigenvalue weighted by molar-refractivity contribution is -0.141. The Bertz CT molecular complexity index is 990. The Morgan fingerprint density at radius 2 is 1.69 bits per heavy atom. The van der Waals surface area contributed by atoms with E-state index < -0.39 is 16.1 Å². The standard InChI is InChI=1S/C21H24N2O5S/c1-16-7-9-17(10-8-16)29(25,26)23-12-4-11-22(13-14-23)21(24)20-15-27-18-5-2-3-6-19(18)28-20/h2-3,5-10,20H,4,11-15H2,1H3/t20-/m0/s1. The highest BCUT2D eigenvalue weighted by Gasteiger charge is 2.34. The molecule has 2 aromatic rings. The third-order valence-electron chi connectivity index (χ3n) is 5.21. The summed E-state index contributed by atoms with van der Waals surface area (Å²) in [6.07, 6.45) is -0.147. The maximum Gasteiger partial charge on any atom is 0.267 e. The molecule has 29 heavy (non-hydrogen) atoms. The quantitative estimate of drug-likeness (QED) is 0.766. The Labute approximate surface area is 170 Å². The van der Waals surface area contributed by atoms with Gasteiger partial charge in [0, 0.05) is 26.2 Å². The van der Waals surface area contributed by atoms with Gasteiger partial charge in [0.1, 0.15) is 6.61 Å². The van der Waals surface area contributed by atoms with Gasteiger partial charge in [0.2, 0.25) is 16.1 Å². The Morgan fingerprint density at radius 3 is 2.45 bits per heavy atom. The average Bonchev–Trinajstić information content (AvgIpc) is 3.00. The van der Waals surface area contributed by atoms with E-state index in [1.165, 1.54) is 4.31 Å². The molecule has 0 N–H and O–H groups in total. The summed E-state index contributed by atoms with van der Waals surface area (Å²) in [6.45, 7) is 3.52. The molecule has 1 fully saturated rings.